The number of thiol groups is 1. The van der Waals surface area contributed by atoms with Gasteiger partial charge in [0.2, 0.25) is 5.52 Å². The van der Waals surface area contributed by atoms with Gasteiger partial charge in [0.05, 0.1) is 12.2 Å². The van der Waals surface area contributed by atoms with Crippen molar-refractivity contribution in [2.24, 2.45) is 0 Å². The lowest BCUT2D eigenvalue weighted by atomic mass is 10.0. The number of aliphatic hydroxyl groups excluding tert-OH is 2. The third-order valence-electron chi connectivity index (χ3n) is 5.30. The summed E-state index contributed by atoms with van der Waals surface area (Å²) in [6.07, 6.45) is -1.65. The van der Waals surface area contributed by atoms with E-state index in [0.717, 1.165) is 16.7 Å². The van der Waals surface area contributed by atoms with Crippen LogP contribution in [-0.4, -0.2) is 46.1 Å². The average molecular weight is 517 g/mol. The van der Waals surface area contributed by atoms with Crippen molar-refractivity contribution in [1.82, 2.24) is 0 Å². The second-order valence-corrected chi connectivity index (χ2v) is 12.3. The Morgan fingerprint density at radius 3 is 1.85 bits per heavy atom. The Bertz CT molecular complexity index is 1040. The lowest BCUT2D eigenvalue weighted by Gasteiger charge is -2.18. The van der Waals surface area contributed by atoms with Gasteiger partial charge in [0, 0.05) is 34.8 Å². The molecule has 3 atom stereocenters. The highest BCUT2D eigenvalue weighted by molar-refractivity contribution is 7.98. The zero-order valence-corrected chi connectivity index (χ0v) is 22.4. The standard InChI is InChI=1S/C21H27O4PS2.C6H6/c1-14-9-16(12-28-13-19(23)18(22)11-27)10-15(2)20(14)21(24)26(3,25)17-7-5-4-6-8-17;1-2-4-6-5-3-1/h4-10,18-19,22-23,27H,11-13H2,1-3H3;1-6H. The number of carbonyl (C=O) groups excluding carboxylic acids is 1. The first-order chi connectivity index (χ1) is 16.2. The maximum Gasteiger partial charge on any atom is 0.225 e. The summed E-state index contributed by atoms with van der Waals surface area (Å²) < 4.78 is 13.2. The molecule has 0 bridgehead atoms. The summed E-state index contributed by atoms with van der Waals surface area (Å²) in [6.45, 7) is 5.25. The van der Waals surface area contributed by atoms with Gasteiger partial charge in [-0.05, 0) is 30.5 Å². The fourth-order valence-electron chi connectivity index (χ4n) is 3.43. The van der Waals surface area contributed by atoms with Crippen LogP contribution in [0.25, 0.3) is 0 Å². The molecule has 0 fully saturated rings. The van der Waals surface area contributed by atoms with Crippen molar-refractivity contribution in [2.45, 2.75) is 31.8 Å². The van der Waals surface area contributed by atoms with E-state index in [-0.39, 0.29) is 11.3 Å². The number of hydrogen-bond acceptors (Lipinski definition) is 6. The molecule has 3 aromatic rings. The van der Waals surface area contributed by atoms with Crippen molar-refractivity contribution in [3.05, 3.63) is 101 Å². The molecule has 2 N–H and O–H groups in total. The van der Waals surface area contributed by atoms with E-state index < -0.39 is 19.3 Å². The van der Waals surface area contributed by atoms with Crippen molar-refractivity contribution in [1.29, 1.82) is 0 Å². The largest absolute Gasteiger partial charge is 0.390 e. The summed E-state index contributed by atoms with van der Waals surface area (Å²) in [6, 6.07) is 24.7. The molecule has 3 rings (SSSR count). The van der Waals surface area contributed by atoms with Gasteiger partial charge in [-0.15, -0.1) is 0 Å². The van der Waals surface area contributed by atoms with Crippen LogP contribution in [-0.2, 0) is 10.3 Å². The molecule has 7 heteroatoms. The quantitative estimate of drug-likeness (QED) is 0.265. The summed E-state index contributed by atoms with van der Waals surface area (Å²) in [5, 5.41) is 20.0. The molecule has 182 valence electrons. The molecule has 34 heavy (non-hydrogen) atoms. The van der Waals surface area contributed by atoms with Crippen LogP contribution in [0.1, 0.15) is 27.0 Å². The van der Waals surface area contributed by atoms with Gasteiger partial charge in [0.1, 0.15) is 0 Å². The molecule has 3 aromatic carbocycles. The van der Waals surface area contributed by atoms with Crippen LogP contribution < -0.4 is 5.30 Å². The Labute approximate surface area is 212 Å². The first kappa shape index (κ1) is 28.4. The molecule has 4 nitrogen and oxygen atoms in total. The second-order valence-electron chi connectivity index (χ2n) is 8.16. The minimum Gasteiger partial charge on any atom is -0.390 e. The summed E-state index contributed by atoms with van der Waals surface area (Å²) in [5.74, 6) is 1.27. The number of rotatable bonds is 9. The van der Waals surface area contributed by atoms with E-state index in [2.05, 4.69) is 12.6 Å². The Morgan fingerprint density at radius 2 is 1.38 bits per heavy atom. The minimum atomic E-state index is -3.19. The normalized spacial score (nSPS) is 14.3. The van der Waals surface area contributed by atoms with Gasteiger partial charge in [0.15, 0.2) is 7.14 Å². The van der Waals surface area contributed by atoms with Gasteiger partial charge in [-0.25, -0.2) is 0 Å². The molecule has 0 aromatic heterocycles. The van der Waals surface area contributed by atoms with E-state index in [1.165, 1.54) is 18.4 Å². The van der Waals surface area contributed by atoms with Crippen molar-refractivity contribution < 1.29 is 19.6 Å². The van der Waals surface area contributed by atoms with Gasteiger partial charge in [-0.3, -0.25) is 4.79 Å². The fraction of sp³-hybridized carbons (Fsp3) is 0.296. The topological polar surface area (TPSA) is 74.6 Å². The fourth-order valence-corrected chi connectivity index (χ4v) is 6.41. The smallest absolute Gasteiger partial charge is 0.225 e. The summed E-state index contributed by atoms with van der Waals surface area (Å²) >= 11 is 5.49. The minimum absolute atomic E-state index is 0.217. The highest BCUT2D eigenvalue weighted by atomic mass is 32.2. The molecule has 0 saturated heterocycles. The molecule has 3 unspecified atom stereocenters. The summed E-state index contributed by atoms with van der Waals surface area (Å²) in [5.41, 5.74) is 2.83. The van der Waals surface area contributed by atoms with E-state index >= 15 is 0 Å². The van der Waals surface area contributed by atoms with Crippen molar-refractivity contribution >= 4 is 42.4 Å². The van der Waals surface area contributed by atoms with E-state index in [0.29, 0.717) is 22.4 Å². The lowest BCUT2D eigenvalue weighted by molar-refractivity contribution is 0.0502. The maximum absolute atomic E-state index is 13.2. The van der Waals surface area contributed by atoms with Gasteiger partial charge < -0.3 is 14.8 Å². The average Bonchev–Trinajstić information content (AvgIpc) is 2.85. The predicted octanol–water partition coefficient (Wildman–Crippen LogP) is 5.33. The first-order valence-electron chi connectivity index (χ1n) is 11.0. The second kappa shape index (κ2) is 13.9. The Kier molecular flexibility index (Phi) is 11.6. The Balaban J connectivity index is 0.000000589. The van der Waals surface area contributed by atoms with Crippen LogP contribution in [0.5, 0.6) is 0 Å². The Hall–Kier alpha value is -1.82. The predicted molar refractivity (Wildman–Crippen MR) is 148 cm³/mol. The number of hydrogen-bond donors (Lipinski definition) is 3. The number of thioether (sulfide) groups is 1. The van der Waals surface area contributed by atoms with Crippen molar-refractivity contribution in [3.8, 4) is 0 Å². The van der Waals surface area contributed by atoms with Crippen LogP contribution in [0.4, 0.5) is 0 Å². The maximum atomic E-state index is 13.2. The number of benzene rings is 3. The highest BCUT2D eigenvalue weighted by Gasteiger charge is 2.31. The van der Waals surface area contributed by atoms with Crippen LogP contribution in [0, 0.1) is 13.8 Å². The van der Waals surface area contributed by atoms with Gasteiger partial charge in [-0.1, -0.05) is 78.9 Å². The molecule has 0 spiro atoms. The highest BCUT2D eigenvalue weighted by Crippen LogP contribution is 2.45. The van der Waals surface area contributed by atoms with E-state index in [1.807, 2.05) is 68.4 Å². The SMILES string of the molecule is Cc1cc(CSCC(O)C(O)CS)cc(C)c1C(=O)P(C)(=O)c1ccccc1.c1ccccc1. The first-order valence-corrected chi connectivity index (χ1v) is 15.0. The summed E-state index contributed by atoms with van der Waals surface area (Å²) in [4.78, 5) is 13.1. The van der Waals surface area contributed by atoms with Crippen LogP contribution >= 0.6 is 31.5 Å². The third-order valence-corrected chi connectivity index (χ3v) is 9.07. The van der Waals surface area contributed by atoms with Crippen LogP contribution in [0.15, 0.2) is 78.9 Å². The van der Waals surface area contributed by atoms with E-state index in [4.69, 9.17) is 0 Å². The molecule has 0 aliphatic heterocycles. The van der Waals surface area contributed by atoms with E-state index in [1.54, 1.807) is 24.3 Å². The zero-order chi connectivity index (χ0) is 25.1. The van der Waals surface area contributed by atoms with Gasteiger partial charge >= 0.3 is 0 Å². The van der Waals surface area contributed by atoms with Crippen molar-refractivity contribution in [2.75, 3.05) is 18.2 Å². The molecule has 0 heterocycles. The Morgan fingerprint density at radius 1 is 0.912 bits per heavy atom. The molecular weight excluding hydrogens is 483 g/mol. The van der Waals surface area contributed by atoms with Gasteiger partial charge in [-0.2, -0.15) is 24.4 Å². The van der Waals surface area contributed by atoms with E-state index in [9.17, 15) is 19.6 Å². The number of aryl methyl sites for hydroxylation is 2. The molecular formula is C27H33O4PS2. The molecule has 0 radical (unpaired) electrons. The molecule has 0 aliphatic rings. The van der Waals surface area contributed by atoms with Gasteiger partial charge in [0.25, 0.3) is 0 Å². The van der Waals surface area contributed by atoms with Crippen molar-refractivity contribution in [3.63, 3.8) is 0 Å². The molecule has 0 saturated carbocycles. The molecule has 0 aliphatic carbocycles. The summed E-state index contributed by atoms with van der Waals surface area (Å²) in [7, 11) is -3.19. The molecule has 0 amide bonds. The van der Waals surface area contributed by atoms with Crippen LogP contribution in [0.2, 0.25) is 0 Å². The monoisotopic (exact) mass is 516 g/mol. The zero-order valence-electron chi connectivity index (χ0n) is 19.8. The number of aliphatic hydroxyl groups is 2. The third kappa shape index (κ3) is 8.14. The number of carbonyl (C=O) groups is 1. The van der Waals surface area contributed by atoms with Crippen LogP contribution in [0.3, 0.4) is 0 Å². The lowest BCUT2D eigenvalue weighted by Crippen LogP contribution is -2.29.